The third-order valence-corrected chi connectivity index (χ3v) is 3.22. The molecule has 1 aliphatic rings. The topological polar surface area (TPSA) is 140 Å². The minimum absolute atomic E-state index is 0.208. The summed E-state index contributed by atoms with van der Waals surface area (Å²) in [7, 11) is 0. The second-order valence-corrected chi connectivity index (χ2v) is 4.34. The van der Waals surface area contributed by atoms with Crippen molar-refractivity contribution >= 4 is 11.2 Å². The van der Waals surface area contributed by atoms with E-state index in [0.29, 0.717) is 5.65 Å². The van der Waals surface area contributed by atoms with Crippen LogP contribution in [0.1, 0.15) is 6.23 Å². The van der Waals surface area contributed by atoms with Crippen molar-refractivity contribution in [3.63, 3.8) is 0 Å². The van der Waals surface area contributed by atoms with Crippen molar-refractivity contribution in [3.8, 4) is 5.88 Å². The zero-order valence-electron chi connectivity index (χ0n) is 9.79. The number of fused-ring (bicyclic) bond motifs is 1. The van der Waals surface area contributed by atoms with Gasteiger partial charge >= 0.3 is 0 Å². The monoisotopic (exact) mass is 267 g/mol. The van der Waals surface area contributed by atoms with Crippen molar-refractivity contribution in [2.45, 2.75) is 24.5 Å². The number of aromatic hydroxyl groups is 1. The van der Waals surface area contributed by atoms with E-state index in [4.69, 9.17) is 15.6 Å². The second kappa shape index (κ2) is 4.38. The molecule has 3 rings (SSSR count). The molecule has 0 saturated carbocycles. The smallest absolute Gasteiger partial charge is 0.242 e. The number of nitrogens with zero attached hydrogens (tertiary/aromatic N) is 4. The lowest BCUT2D eigenvalue weighted by Gasteiger charge is -2.16. The van der Waals surface area contributed by atoms with E-state index in [1.165, 1.54) is 17.2 Å². The molecule has 1 aliphatic heterocycles. The van der Waals surface area contributed by atoms with Crippen LogP contribution < -0.4 is 5.73 Å². The van der Waals surface area contributed by atoms with Crippen molar-refractivity contribution in [2.75, 3.05) is 6.61 Å². The predicted molar refractivity (Wildman–Crippen MR) is 62.0 cm³/mol. The van der Waals surface area contributed by atoms with Gasteiger partial charge in [0.15, 0.2) is 17.4 Å². The molecule has 0 aromatic carbocycles. The van der Waals surface area contributed by atoms with Crippen molar-refractivity contribution in [1.29, 1.82) is 0 Å². The Morgan fingerprint density at radius 1 is 1.37 bits per heavy atom. The van der Waals surface area contributed by atoms with Gasteiger partial charge in [-0.2, -0.15) is 4.98 Å². The van der Waals surface area contributed by atoms with Crippen molar-refractivity contribution in [3.05, 3.63) is 12.7 Å². The van der Waals surface area contributed by atoms with Crippen LogP contribution in [-0.4, -0.2) is 59.7 Å². The Hall–Kier alpha value is -1.81. The molecule has 2 aromatic heterocycles. The summed E-state index contributed by atoms with van der Waals surface area (Å²) in [5.74, 6) is -0.251. The highest BCUT2D eigenvalue weighted by molar-refractivity contribution is 5.75. The zero-order valence-corrected chi connectivity index (χ0v) is 9.79. The highest BCUT2D eigenvalue weighted by Gasteiger charge is 2.42. The molecule has 19 heavy (non-hydrogen) atoms. The number of imidazole rings is 1. The minimum atomic E-state index is -1.01. The van der Waals surface area contributed by atoms with Crippen LogP contribution in [0.2, 0.25) is 0 Å². The fourth-order valence-corrected chi connectivity index (χ4v) is 2.18. The number of rotatable bonds is 2. The average molecular weight is 267 g/mol. The fourth-order valence-electron chi connectivity index (χ4n) is 2.18. The van der Waals surface area contributed by atoms with E-state index in [9.17, 15) is 10.2 Å². The summed E-state index contributed by atoms with van der Waals surface area (Å²) in [5, 5.41) is 28.7. The van der Waals surface area contributed by atoms with Gasteiger partial charge in [-0.15, -0.1) is 0 Å². The number of nitrogens with two attached hydrogens (primary N) is 1. The molecule has 0 spiro atoms. The van der Waals surface area contributed by atoms with Gasteiger partial charge in [0.05, 0.1) is 19.0 Å². The third kappa shape index (κ3) is 1.75. The molecule has 0 radical (unpaired) electrons. The molecule has 5 N–H and O–H groups in total. The van der Waals surface area contributed by atoms with Gasteiger partial charge in [0.2, 0.25) is 5.88 Å². The number of hydrogen-bond acceptors (Lipinski definition) is 8. The Kier molecular flexibility index (Phi) is 2.82. The summed E-state index contributed by atoms with van der Waals surface area (Å²) in [6.45, 7) is -0.290. The molecule has 0 bridgehead atoms. The number of aliphatic hydroxyl groups excluding tert-OH is 2. The largest absolute Gasteiger partial charge is 0.492 e. The average Bonchev–Trinajstić information content (AvgIpc) is 2.94. The lowest BCUT2D eigenvalue weighted by molar-refractivity contribution is -0.0488. The molecule has 0 aliphatic carbocycles. The van der Waals surface area contributed by atoms with E-state index in [2.05, 4.69) is 15.0 Å². The molecule has 102 valence electrons. The van der Waals surface area contributed by atoms with E-state index < -0.39 is 24.5 Å². The van der Waals surface area contributed by atoms with Gasteiger partial charge in [0, 0.05) is 0 Å². The van der Waals surface area contributed by atoms with Gasteiger partial charge in [-0.05, 0) is 0 Å². The molecule has 2 aromatic rings. The fraction of sp³-hybridized carbons (Fsp3) is 0.500. The summed E-state index contributed by atoms with van der Waals surface area (Å²) in [5.41, 5.74) is 6.28. The van der Waals surface area contributed by atoms with Crippen LogP contribution in [0.3, 0.4) is 0 Å². The highest BCUT2D eigenvalue weighted by atomic mass is 16.5. The maximum absolute atomic E-state index is 10.0. The Labute approximate surface area is 107 Å². The molecule has 9 heteroatoms. The van der Waals surface area contributed by atoms with Crippen LogP contribution in [0, 0.1) is 0 Å². The quantitative estimate of drug-likeness (QED) is 0.495. The van der Waals surface area contributed by atoms with Gasteiger partial charge < -0.3 is 25.8 Å². The van der Waals surface area contributed by atoms with Crippen LogP contribution in [0.4, 0.5) is 0 Å². The maximum Gasteiger partial charge on any atom is 0.242 e. The molecule has 0 unspecified atom stereocenters. The van der Waals surface area contributed by atoms with Crippen molar-refractivity contribution in [2.24, 2.45) is 5.73 Å². The highest BCUT2D eigenvalue weighted by Crippen LogP contribution is 2.31. The third-order valence-electron chi connectivity index (χ3n) is 3.22. The van der Waals surface area contributed by atoms with Gasteiger partial charge in [-0.25, -0.2) is 9.97 Å². The SMILES string of the molecule is N[C@H]1[C@@H](O)[C@H](n2cnc3c(O)ncnc32)O[C@@H]1CO. The number of ether oxygens (including phenoxy) is 1. The number of hydrogen-bond donors (Lipinski definition) is 4. The molecule has 1 fully saturated rings. The molecule has 9 nitrogen and oxygen atoms in total. The zero-order chi connectivity index (χ0) is 13.6. The summed E-state index contributed by atoms with van der Waals surface area (Å²) in [6, 6.07) is -0.706. The molecule has 0 amide bonds. The van der Waals surface area contributed by atoms with Crippen LogP contribution in [0.25, 0.3) is 11.2 Å². The van der Waals surface area contributed by atoms with Gasteiger partial charge in [-0.1, -0.05) is 0 Å². The standard InChI is InChI=1S/C10H13N5O4/c11-5-4(1-16)19-10(7(5)17)15-3-14-6-8(15)12-2-13-9(6)18/h2-5,7,10,16-17H,1,11H2,(H,12,13,18)/t4-,5-,7-,10-/m1/s1. The minimum Gasteiger partial charge on any atom is -0.492 e. The predicted octanol–water partition coefficient (Wildman–Crippen LogP) is -1.89. The molecule has 3 heterocycles. The van der Waals surface area contributed by atoms with Crippen LogP contribution >= 0.6 is 0 Å². The molecule has 1 saturated heterocycles. The molecular weight excluding hydrogens is 254 g/mol. The first kappa shape index (κ1) is 12.2. The second-order valence-electron chi connectivity index (χ2n) is 4.34. The lowest BCUT2D eigenvalue weighted by Crippen LogP contribution is -2.41. The van der Waals surface area contributed by atoms with Crippen molar-refractivity contribution in [1.82, 2.24) is 19.5 Å². The Morgan fingerprint density at radius 3 is 2.84 bits per heavy atom. The van der Waals surface area contributed by atoms with Crippen LogP contribution in [0.15, 0.2) is 12.7 Å². The van der Waals surface area contributed by atoms with E-state index >= 15 is 0 Å². The first-order valence-electron chi connectivity index (χ1n) is 5.70. The summed E-state index contributed by atoms with van der Waals surface area (Å²) in [6.07, 6.45) is 0.0751. The van der Waals surface area contributed by atoms with E-state index in [-0.39, 0.29) is 18.0 Å². The van der Waals surface area contributed by atoms with Crippen molar-refractivity contribution < 1.29 is 20.1 Å². The summed E-state index contributed by atoms with van der Waals surface area (Å²) < 4.78 is 6.94. The van der Waals surface area contributed by atoms with Crippen LogP contribution in [-0.2, 0) is 4.74 Å². The molecular formula is C10H13N5O4. The Balaban J connectivity index is 2.04. The lowest BCUT2D eigenvalue weighted by atomic mass is 10.1. The van der Waals surface area contributed by atoms with E-state index in [0.717, 1.165) is 0 Å². The summed E-state index contributed by atoms with van der Waals surface area (Å²) in [4.78, 5) is 11.6. The van der Waals surface area contributed by atoms with E-state index in [1.54, 1.807) is 0 Å². The first-order chi connectivity index (χ1) is 9.13. The molecule has 4 atom stereocenters. The van der Waals surface area contributed by atoms with Gasteiger partial charge in [0.25, 0.3) is 0 Å². The number of aliphatic hydroxyl groups is 2. The normalized spacial score (nSPS) is 31.1. The maximum atomic E-state index is 10.0. The van der Waals surface area contributed by atoms with Crippen LogP contribution in [0.5, 0.6) is 5.88 Å². The Bertz CT molecular complexity index is 603. The summed E-state index contributed by atoms with van der Waals surface area (Å²) >= 11 is 0. The first-order valence-corrected chi connectivity index (χ1v) is 5.70. The van der Waals surface area contributed by atoms with Gasteiger partial charge in [-0.3, -0.25) is 4.57 Å². The van der Waals surface area contributed by atoms with E-state index in [1.807, 2.05) is 0 Å². The van der Waals surface area contributed by atoms with Gasteiger partial charge in [0.1, 0.15) is 18.5 Å². The Morgan fingerprint density at radius 2 is 2.16 bits per heavy atom. The number of aromatic nitrogens is 4.